The molecule has 0 bridgehead atoms. The van der Waals surface area contributed by atoms with E-state index in [1.807, 2.05) is 67.7 Å². The van der Waals surface area contributed by atoms with Gasteiger partial charge in [0, 0.05) is 29.2 Å². The molecule has 0 saturated heterocycles. The van der Waals surface area contributed by atoms with Gasteiger partial charge in [-0.1, -0.05) is 36.4 Å². The van der Waals surface area contributed by atoms with Crippen LogP contribution in [0.3, 0.4) is 0 Å². The molecule has 3 aromatic rings. The van der Waals surface area contributed by atoms with E-state index in [2.05, 4.69) is 4.98 Å². The maximum Gasteiger partial charge on any atom is 0.286 e. The van der Waals surface area contributed by atoms with Crippen molar-refractivity contribution in [1.29, 1.82) is 0 Å². The maximum absolute atomic E-state index is 12.9. The zero-order valence-electron chi connectivity index (χ0n) is 15.3. The molecule has 0 spiro atoms. The van der Waals surface area contributed by atoms with E-state index in [4.69, 9.17) is 10.6 Å². The number of amides is 1. The van der Waals surface area contributed by atoms with Gasteiger partial charge in [0.1, 0.15) is 0 Å². The SMILES string of the molecule is CCN(OC(/C=C\CN)=C/c1ccccc1)C(=O)c1ccc2[nH]ccc2c1. The number of hydrogen-bond donors (Lipinski definition) is 2. The Kier molecular flexibility index (Phi) is 6.07. The number of aromatic amines is 1. The number of allylic oxidation sites excluding steroid dienone is 1. The third kappa shape index (κ3) is 4.65. The van der Waals surface area contributed by atoms with E-state index in [0.717, 1.165) is 16.5 Å². The van der Waals surface area contributed by atoms with Gasteiger partial charge in [-0.3, -0.25) is 4.79 Å². The molecule has 1 heterocycles. The van der Waals surface area contributed by atoms with Crippen molar-refractivity contribution in [3.8, 4) is 0 Å². The lowest BCUT2D eigenvalue weighted by atomic mass is 10.1. The molecule has 2 aromatic carbocycles. The second-order valence-electron chi connectivity index (χ2n) is 5.97. The van der Waals surface area contributed by atoms with Gasteiger partial charge < -0.3 is 15.6 Å². The highest BCUT2D eigenvalue weighted by Gasteiger charge is 2.17. The molecule has 0 aliphatic heterocycles. The number of fused-ring (bicyclic) bond motifs is 1. The molecule has 5 heteroatoms. The van der Waals surface area contributed by atoms with E-state index in [1.54, 1.807) is 18.2 Å². The minimum Gasteiger partial charge on any atom is -0.377 e. The van der Waals surface area contributed by atoms with Crippen molar-refractivity contribution >= 4 is 22.9 Å². The van der Waals surface area contributed by atoms with Crippen LogP contribution in [0.25, 0.3) is 17.0 Å². The quantitative estimate of drug-likeness (QED) is 0.378. The molecule has 0 saturated carbocycles. The van der Waals surface area contributed by atoms with E-state index >= 15 is 0 Å². The first-order chi connectivity index (χ1) is 13.2. The molecular weight excluding hydrogens is 338 g/mol. The van der Waals surface area contributed by atoms with E-state index in [9.17, 15) is 4.79 Å². The Morgan fingerprint density at radius 3 is 2.74 bits per heavy atom. The summed E-state index contributed by atoms with van der Waals surface area (Å²) in [6, 6.07) is 17.3. The Labute approximate surface area is 158 Å². The number of rotatable bonds is 7. The second kappa shape index (κ2) is 8.87. The fourth-order valence-electron chi connectivity index (χ4n) is 2.71. The first-order valence-corrected chi connectivity index (χ1v) is 8.91. The van der Waals surface area contributed by atoms with Crippen molar-refractivity contribution in [1.82, 2.24) is 10.0 Å². The third-order valence-corrected chi connectivity index (χ3v) is 4.06. The summed E-state index contributed by atoms with van der Waals surface area (Å²) in [5.74, 6) is 0.352. The number of H-pyrrole nitrogens is 1. The van der Waals surface area contributed by atoms with Crippen molar-refractivity contribution < 1.29 is 9.63 Å². The first-order valence-electron chi connectivity index (χ1n) is 8.91. The lowest BCUT2D eigenvalue weighted by Gasteiger charge is -2.21. The largest absolute Gasteiger partial charge is 0.377 e. The number of nitrogens with one attached hydrogen (secondary N) is 1. The van der Waals surface area contributed by atoms with Crippen LogP contribution in [-0.2, 0) is 4.84 Å². The molecule has 0 unspecified atom stereocenters. The monoisotopic (exact) mass is 361 g/mol. The van der Waals surface area contributed by atoms with E-state index in [1.165, 1.54) is 5.06 Å². The minimum atomic E-state index is -0.194. The van der Waals surface area contributed by atoms with Gasteiger partial charge in [0.15, 0.2) is 5.76 Å². The zero-order valence-corrected chi connectivity index (χ0v) is 15.3. The fourth-order valence-corrected chi connectivity index (χ4v) is 2.71. The van der Waals surface area contributed by atoms with Gasteiger partial charge in [0.25, 0.3) is 5.91 Å². The number of benzene rings is 2. The molecule has 5 nitrogen and oxygen atoms in total. The van der Waals surface area contributed by atoms with E-state index in [0.29, 0.717) is 24.4 Å². The molecule has 27 heavy (non-hydrogen) atoms. The minimum absolute atomic E-state index is 0.194. The Morgan fingerprint density at radius 2 is 2.00 bits per heavy atom. The van der Waals surface area contributed by atoms with E-state index < -0.39 is 0 Å². The van der Waals surface area contributed by atoms with Crippen LogP contribution >= 0.6 is 0 Å². The van der Waals surface area contributed by atoms with Gasteiger partial charge in [0.2, 0.25) is 0 Å². The third-order valence-electron chi connectivity index (χ3n) is 4.06. The smallest absolute Gasteiger partial charge is 0.286 e. The van der Waals surface area contributed by atoms with Crippen molar-refractivity contribution in [2.45, 2.75) is 6.92 Å². The molecule has 0 atom stereocenters. The number of aromatic nitrogens is 1. The van der Waals surface area contributed by atoms with Gasteiger partial charge in [0.05, 0.1) is 6.54 Å². The van der Waals surface area contributed by atoms with Crippen LogP contribution in [0.5, 0.6) is 0 Å². The summed E-state index contributed by atoms with van der Waals surface area (Å²) >= 11 is 0. The highest BCUT2D eigenvalue weighted by atomic mass is 16.7. The molecule has 0 aliphatic rings. The van der Waals surface area contributed by atoms with E-state index in [-0.39, 0.29) is 5.91 Å². The average Bonchev–Trinajstić information content (AvgIpc) is 3.18. The Morgan fingerprint density at radius 1 is 1.19 bits per heavy atom. The van der Waals surface area contributed by atoms with Crippen molar-refractivity contribution in [2.24, 2.45) is 5.73 Å². The van der Waals surface area contributed by atoms with Gasteiger partial charge in [-0.2, -0.15) is 5.06 Å². The van der Waals surface area contributed by atoms with Crippen LogP contribution in [0.15, 0.2) is 78.7 Å². The molecule has 0 fully saturated rings. The van der Waals surface area contributed by atoms with Crippen molar-refractivity contribution in [2.75, 3.05) is 13.1 Å². The fraction of sp³-hybridized carbons (Fsp3) is 0.136. The summed E-state index contributed by atoms with van der Waals surface area (Å²) in [7, 11) is 0. The van der Waals surface area contributed by atoms with Crippen molar-refractivity contribution in [3.05, 3.63) is 89.8 Å². The van der Waals surface area contributed by atoms with Gasteiger partial charge in [-0.15, -0.1) is 0 Å². The molecule has 0 radical (unpaired) electrons. The number of nitrogens with zero attached hydrogens (tertiary/aromatic N) is 1. The summed E-state index contributed by atoms with van der Waals surface area (Å²) in [6.07, 6.45) is 7.29. The normalized spacial score (nSPS) is 11.9. The highest BCUT2D eigenvalue weighted by Crippen LogP contribution is 2.18. The predicted octanol–water partition coefficient (Wildman–Crippen LogP) is 4.12. The van der Waals surface area contributed by atoms with Gasteiger partial charge in [-0.05, 0) is 48.9 Å². The number of nitrogens with two attached hydrogens (primary N) is 1. The average molecular weight is 361 g/mol. The topological polar surface area (TPSA) is 71.3 Å². The summed E-state index contributed by atoms with van der Waals surface area (Å²) in [6.45, 7) is 2.67. The molecule has 1 amide bonds. The number of hydroxylamine groups is 2. The van der Waals surface area contributed by atoms with Gasteiger partial charge in [-0.25, -0.2) is 0 Å². The molecule has 138 valence electrons. The highest BCUT2D eigenvalue weighted by molar-refractivity contribution is 5.97. The second-order valence-corrected chi connectivity index (χ2v) is 5.97. The van der Waals surface area contributed by atoms with Crippen LogP contribution in [0.4, 0.5) is 0 Å². The summed E-state index contributed by atoms with van der Waals surface area (Å²) < 4.78 is 0. The Balaban J connectivity index is 1.84. The molecular formula is C22H23N3O2. The van der Waals surface area contributed by atoms with Crippen molar-refractivity contribution in [3.63, 3.8) is 0 Å². The van der Waals surface area contributed by atoms with Crippen LogP contribution in [0.1, 0.15) is 22.8 Å². The standard InChI is InChI=1S/C22H23N3O2/c1-2-25(22(26)19-10-11-21-18(16-19)12-14-24-21)27-20(9-6-13-23)15-17-7-4-3-5-8-17/h3-12,14-16,24H,2,13,23H2,1H3/b9-6-,20-15+. The maximum atomic E-state index is 12.9. The first kappa shape index (κ1) is 18.5. The molecule has 0 aliphatic carbocycles. The Bertz CT molecular complexity index is 958. The predicted molar refractivity (Wildman–Crippen MR) is 109 cm³/mol. The van der Waals surface area contributed by atoms with Crippen LogP contribution in [-0.4, -0.2) is 29.0 Å². The van der Waals surface area contributed by atoms with Gasteiger partial charge >= 0.3 is 0 Å². The Hall–Kier alpha value is -3.31. The summed E-state index contributed by atoms with van der Waals surface area (Å²) in [4.78, 5) is 22.0. The number of hydrogen-bond acceptors (Lipinski definition) is 3. The summed E-state index contributed by atoms with van der Waals surface area (Å²) in [5.41, 5.74) is 8.12. The molecule has 1 aromatic heterocycles. The van der Waals surface area contributed by atoms with Crippen LogP contribution < -0.4 is 5.73 Å². The van der Waals surface area contributed by atoms with Crippen LogP contribution in [0.2, 0.25) is 0 Å². The lowest BCUT2D eigenvalue weighted by molar-refractivity contribution is -0.0755. The molecule has 3 rings (SSSR count). The van der Waals surface area contributed by atoms with Crippen LogP contribution in [0, 0.1) is 0 Å². The number of carbonyl (C=O) groups excluding carboxylic acids is 1. The zero-order chi connectivity index (χ0) is 19.1. The number of carbonyl (C=O) groups is 1. The molecule has 3 N–H and O–H groups in total. The lowest BCUT2D eigenvalue weighted by Crippen LogP contribution is -2.30. The summed E-state index contributed by atoms with van der Waals surface area (Å²) in [5, 5.41) is 2.34.